The molecule has 4 N–H and O–H groups in total. The highest BCUT2D eigenvalue weighted by Gasteiger charge is 2.19. The van der Waals surface area contributed by atoms with Crippen molar-refractivity contribution < 1.29 is 20.4 Å². The van der Waals surface area contributed by atoms with Gasteiger partial charge in [0.15, 0.2) is 12.6 Å². The topological polar surface area (TPSA) is 87.4 Å². The molecule has 84 valence electrons. The SMILES string of the molecule is OC(O)CN1CCN(CC(O)O)CC1. The Bertz CT molecular complexity index is 139. The lowest BCUT2D eigenvalue weighted by atomic mass is 10.3. The van der Waals surface area contributed by atoms with Gasteiger partial charge in [0.1, 0.15) is 0 Å². The maximum absolute atomic E-state index is 8.74. The lowest BCUT2D eigenvalue weighted by Crippen LogP contribution is -2.50. The van der Waals surface area contributed by atoms with Crippen LogP contribution in [0.2, 0.25) is 0 Å². The molecule has 1 saturated heterocycles. The van der Waals surface area contributed by atoms with Crippen molar-refractivity contribution in [2.24, 2.45) is 0 Å². The first-order chi connectivity index (χ1) is 6.58. The zero-order valence-corrected chi connectivity index (χ0v) is 8.08. The van der Waals surface area contributed by atoms with Crippen LogP contribution in [0.3, 0.4) is 0 Å². The summed E-state index contributed by atoms with van der Waals surface area (Å²) in [4.78, 5) is 3.87. The minimum atomic E-state index is -1.29. The highest BCUT2D eigenvalue weighted by atomic mass is 16.5. The summed E-state index contributed by atoms with van der Waals surface area (Å²) in [5.41, 5.74) is 0. The fraction of sp³-hybridized carbons (Fsp3) is 1.00. The van der Waals surface area contributed by atoms with Crippen LogP contribution in [-0.2, 0) is 0 Å². The smallest absolute Gasteiger partial charge is 0.164 e. The van der Waals surface area contributed by atoms with Crippen molar-refractivity contribution in [1.29, 1.82) is 0 Å². The van der Waals surface area contributed by atoms with Crippen molar-refractivity contribution in [3.8, 4) is 0 Å². The van der Waals surface area contributed by atoms with Crippen molar-refractivity contribution in [3.63, 3.8) is 0 Å². The molecule has 1 aliphatic heterocycles. The average molecular weight is 206 g/mol. The summed E-state index contributed by atoms with van der Waals surface area (Å²) in [7, 11) is 0. The van der Waals surface area contributed by atoms with E-state index in [9.17, 15) is 0 Å². The first kappa shape index (κ1) is 11.8. The van der Waals surface area contributed by atoms with Gasteiger partial charge in [0.25, 0.3) is 0 Å². The maximum Gasteiger partial charge on any atom is 0.164 e. The summed E-state index contributed by atoms with van der Waals surface area (Å²) in [6, 6.07) is 0. The first-order valence-electron chi connectivity index (χ1n) is 4.75. The summed E-state index contributed by atoms with van der Waals surface area (Å²) >= 11 is 0. The number of hydrogen-bond donors (Lipinski definition) is 4. The van der Waals surface area contributed by atoms with E-state index in [1.165, 1.54) is 0 Å². The zero-order valence-electron chi connectivity index (χ0n) is 8.08. The molecule has 1 aliphatic rings. The molecule has 0 aliphatic carbocycles. The van der Waals surface area contributed by atoms with Gasteiger partial charge in [-0.3, -0.25) is 9.80 Å². The molecular weight excluding hydrogens is 188 g/mol. The number of aliphatic hydroxyl groups excluding tert-OH is 2. The van der Waals surface area contributed by atoms with Crippen molar-refractivity contribution in [2.45, 2.75) is 12.6 Å². The molecule has 0 atom stereocenters. The number of β-amino-alcohol motifs (C(OH)–C–C–N with tert-alkyl or cyclic N) is 4. The Hall–Kier alpha value is -0.240. The van der Waals surface area contributed by atoms with Gasteiger partial charge in [-0.05, 0) is 0 Å². The molecule has 0 unspecified atom stereocenters. The summed E-state index contributed by atoms with van der Waals surface area (Å²) in [6.07, 6.45) is -2.57. The van der Waals surface area contributed by atoms with Crippen molar-refractivity contribution in [2.75, 3.05) is 39.3 Å². The van der Waals surface area contributed by atoms with E-state index in [2.05, 4.69) is 0 Å². The van der Waals surface area contributed by atoms with Crippen LogP contribution in [0.1, 0.15) is 0 Å². The number of aliphatic hydroxyl groups is 4. The molecule has 0 radical (unpaired) electrons. The van der Waals surface area contributed by atoms with Crippen LogP contribution in [0.25, 0.3) is 0 Å². The minimum absolute atomic E-state index is 0.259. The van der Waals surface area contributed by atoms with E-state index in [1.54, 1.807) is 0 Å². The van der Waals surface area contributed by atoms with E-state index in [4.69, 9.17) is 20.4 Å². The Morgan fingerprint density at radius 1 is 0.714 bits per heavy atom. The predicted octanol–water partition coefficient (Wildman–Crippen LogP) is -2.77. The Balaban J connectivity index is 2.17. The van der Waals surface area contributed by atoms with E-state index < -0.39 is 12.6 Å². The largest absolute Gasteiger partial charge is 0.367 e. The van der Waals surface area contributed by atoms with Gasteiger partial charge in [-0.25, -0.2) is 0 Å². The first-order valence-corrected chi connectivity index (χ1v) is 4.75. The summed E-state index contributed by atoms with van der Waals surface area (Å²) in [5, 5.41) is 34.9. The van der Waals surface area contributed by atoms with Gasteiger partial charge in [-0.2, -0.15) is 0 Å². The third kappa shape index (κ3) is 4.32. The molecule has 1 fully saturated rings. The lowest BCUT2D eigenvalue weighted by molar-refractivity contribution is -0.0830. The quantitative estimate of drug-likeness (QED) is 0.372. The van der Waals surface area contributed by atoms with Gasteiger partial charge in [0, 0.05) is 39.3 Å². The van der Waals surface area contributed by atoms with Gasteiger partial charge in [-0.15, -0.1) is 0 Å². The molecule has 0 aromatic heterocycles. The summed E-state index contributed by atoms with van der Waals surface area (Å²) in [6.45, 7) is 3.42. The van der Waals surface area contributed by atoms with E-state index in [0.717, 1.165) is 26.2 Å². The van der Waals surface area contributed by atoms with E-state index >= 15 is 0 Å². The second-order valence-electron chi connectivity index (χ2n) is 3.56. The summed E-state index contributed by atoms with van der Waals surface area (Å²) < 4.78 is 0. The molecular formula is C8H18N2O4. The van der Waals surface area contributed by atoms with Crippen LogP contribution < -0.4 is 0 Å². The third-order valence-electron chi connectivity index (χ3n) is 2.31. The number of hydrogen-bond acceptors (Lipinski definition) is 6. The van der Waals surface area contributed by atoms with Crippen molar-refractivity contribution >= 4 is 0 Å². The van der Waals surface area contributed by atoms with Crippen LogP contribution in [0.5, 0.6) is 0 Å². The van der Waals surface area contributed by atoms with Gasteiger partial charge in [0.05, 0.1) is 0 Å². The molecule has 1 heterocycles. The number of piperazine rings is 1. The van der Waals surface area contributed by atoms with Gasteiger partial charge >= 0.3 is 0 Å². The Kier molecular flexibility index (Phi) is 4.73. The van der Waals surface area contributed by atoms with Crippen LogP contribution in [0, 0.1) is 0 Å². The highest BCUT2D eigenvalue weighted by Crippen LogP contribution is 2.02. The monoisotopic (exact) mass is 206 g/mol. The lowest BCUT2D eigenvalue weighted by Gasteiger charge is -2.35. The Labute approximate surface area is 83.0 Å². The van der Waals surface area contributed by atoms with E-state index in [1.807, 2.05) is 9.80 Å². The second kappa shape index (κ2) is 5.59. The van der Waals surface area contributed by atoms with Crippen LogP contribution in [0.15, 0.2) is 0 Å². The number of rotatable bonds is 4. The molecule has 0 saturated carbocycles. The van der Waals surface area contributed by atoms with E-state index in [-0.39, 0.29) is 13.1 Å². The zero-order chi connectivity index (χ0) is 10.6. The predicted molar refractivity (Wildman–Crippen MR) is 49.3 cm³/mol. The standard InChI is InChI=1S/C8H18N2O4/c11-7(12)5-9-1-2-10(4-3-9)6-8(13)14/h7-8,11-14H,1-6H2. The molecule has 6 heteroatoms. The van der Waals surface area contributed by atoms with Crippen LogP contribution in [-0.4, -0.2) is 82.1 Å². The summed E-state index contributed by atoms with van der Waals surface area (Å²) in [5.74, 6) is 0. The molecule has 1 rings (SSSR count). The molecule has 6 nitrogen and oxygen atoms in total. The Morgan fingerprint density at radius 3 is 1.21 bits per heavy atom. The molecule has 0 aromatic rings. The normalized spacial score (nSPS) is 21.0. The third-order valence-corrected chi connectivity index (χ3v) is 2.31. The van der Waals surface area contributed by atoms with Crippen LogP contribution >= 0.6 is 0 Å². The average Bonchev–Trinajstić information content (AvgIpc) is 2.06. The van der Waals surface area contributed by atoms with Crippen molar-refractivity contribution in [1.82, 2.24) is 9.80 Å². The Morgan fingerprint density at radius 2 is 1.00 bits per heavy atom. The van der Waals surface area contributed by atoms with Crippen LogP contribution in [0.4, 0.5) is 0 Å². The van der Waals surface area contributed by atoms with Gasteiger partial charge in [0.2, 0.25) is 0 Å². The molecule has 0 spiro atoms. The van der Waals surface area contributed by atoms with Gasteiger partial charge < -0.3 is 20.4 Å². The van der Waals surface area contributed by atoms with Crippen molar-refractivity contribution in [3.05, 3.63) is 0 Å². The fourth-order valence-corrected chi connectivity index (χ4v) is 1.62. The van der Waals surface area contributed by atoms with E-state index in [0.29, 0.717) is 0 Å². The molecule has 0 aromatic carbocycles. The fourth-order valence-electron chi connectivity index (χ4n) is 1.62. The number of nitrogens with zero attached hydrogens (tertiary/aromatic N) is 2. The highest BCUT2D eigenvalue weighted by molar-refractivity contribution is 4.72. The molecule has 0 amide bonds. The maximum atomic E-state index is 8.74. The molecule has 14 heavy (non-hydrogen) atoms. The van der Waals surface area contributed by atoms with Gasteiger partial charge in [-0.1, -0.05) is 0 Å². The second-order valence-corrected chi connectivity index (χ2v) is 3.56. The molecule has 0 bridgehead atoms. The minimum Gasteiger partial charge on any atom is -0.367 e.